The van der Waals surface area contributed by atoms with Gasteiger partial charge in [-0.25, -0.2) is 0 Å². The van der Waals surface area contributed by atoms with Gasteiger partial charge in [0.15, 0.2) is 0 Å². The number of ether oxygens (including phenoxy) is 1. The van der Waals surface area contributed by atoms with Crippen molar-refractivity contribution in [2.75, 3.05) is 25.0 Å². The van der Waals surface area contributed by atoms with E-state index in [-0.39, 0.29) is 24.8 Å². The first-order valence-electron chi connectivity index (χ1n) is 6.14. The van der Waals surface area contributed by atoms with Gasteiger partial charge in [0.2, 0.25) is 5.91 Å². The van der Waals surface area contributed by atoms with Crippen LogP contribution in [-0.2, 0) is 14.3 Å². The number of carbonyl (C=O) groups is 2. The van der Waals surface area contributed by atoms with Crippen LogP contribution in [0.2, 0.25) is 0 Å². The van der Waals surface area contributed by atoms with Crippen molar-refractivity contribution in [1.82, 2.24) is 5.32 Å². The van der Waals surface area contributed by atoms with E-state index in [4.69, 9.17) is 4.74 Å². The third kappa shape index (κ3) is 6.49. The van der Waals surface area contributed by atoms with E-state index < -0.39 is 0 Å². The van der Waals surface area contributed by atoms with Gasteiger partial charge in [-0.1, -0.05) is 15.9 Å². The maximum atomic E-state index is 11.7. The van der Waals surface area contributed by atoms with Gasteiger partial charge in [0.05, 0.1) is 25.3 Å². The van der Waals surface area contributed by atoms with Gasteiger partial charge in [0.1, 0.15) is 0 Å². The zero-order valence-corrected chi connectivity index (χ0v) is 14.2. The predicted octanol–water partition coefficient (Wildman–Crippen LogP) is 2.69. The van der Waals surface area contributed by atoms with E-state index in [9.17, 15) is 9.59 Å². The molecule has 0 fully saturated rings. The summed E-state index contributed by atoms with van der Waals surface area (Å²) in [6.45, 7) is 2.68. The van der Waals surface area contributed by atoms with Crippen molar-refractivity contribution in [2.45, 2.75) is 13.3 Å². The number of esters is 1. The van der Waals surface area contributed by atoms with E-state index in [0.29, 0.717) is 18.8 Å². The fraction of sp³-hybridized carbons (Fsp3) is 0.385. The summed E-state index contributed by atoms with van der Waals surface area (Å²) in [5.41, 5.74) is 0.699. The van der Waals surface area contributed by atoms with E-state index in [1.54, 1.807) is 13.0 Å². The van der Waals surface area contributed by atoms with Crippen molar-refractivity contribution >= 4 is 49.4 Å². The number of rotatable bonds is 7. The first kappa shape index (κ1) is 17.1. The molecular formula is C13H16Br2N2O3. The van der Waals surface area contributed by atoms with Gasteiger partial charge in [-0.3, -0.25) is 9.59 Å². The van der Waals surface area contributed by atoms with Crippen LogP contribution in [0.5, 0.6) is 0 Å². The molecule has 0 spiro atoms. The van der Waals surface area contributed by atoms with Gasteiger partial charge in [-0.05, 0) is 41.1 Å². The Hall–Kier alpha value is -0.920. The van der Waals surface area contributed by atoms with E-state index in [2.05, 4.69) is 42.5 Å². The van der Waals surface area contributed by atoms with Crippen LogP contribution in [0, 0.1) is 0 Å². The summed E-state index contributed by atoms with van der Waals surface area (Å²) < 4.78 is 6.51. The second-order valence-corrected chi connectivity index (χ2v) is 5.67. The minimum Gasteiger partial charge on any atom is -0.466 e. The molecule has 0 heterocycles. The molecule has 0 bridgehead atoms. The normalized spacial score (nSPS) is 10.2. The Balaban J connectivity index is 2.28. The second kappa shape index (κ2) is 9.10. The maximum Gasteiger partial charge on any atom is 0.307 e. The molecule has 0 radical (unpaired) electrons. The molecule has 1 aromatic carbocycles. The smallest absolute Gasteiger partial charge is 0.307 e. The molecule has 0 aliphatic heterocycles. The second-order valence-electron chi connectivity index (χ2n) is 3.90. The number of anilines is 1. The fourth-order valence-electron chi connectivity index (χ4n) is 1.41. The first-order chi connectivity index (χ1) is 9.52. The van der Waals surface area contributed by atoms with E-state index >= 15 is 0 Å². The third-order valence-corrected chi connectivity index (χ3v) is 3.45. The lowest BCUT2D eigenvalue weighted by molar-refractivity contribution is -0.143. The average molecular weight is 408 g/mol. The molecule has 1 aromatic rings. The molecule has 5 nitrogen and oxygen atoms in total. The number of halogens is 2. The largest absolute Gasteiger partial charge is 0.466 e. The van der Waals surface area contributed by atoms with Crippen LogP contribution in [0.25, 0.3) is 0 Å². The lowest BCUT2D eigenvalue weighted by Crippen LogP contribution is -2.30. The molecule has 0 aliphatic carbocycles. The van der Waals surface area contributed by atoms with Crippen LogP contribution >= 0.6 is 31.9 Å². The Morgan fingerprint density at radius 1 is 1.30 bits per heavy atom. The quantitative estimate of drug-likeness (QED) is 0.538. The van der Waals surface area contributed by atoms with Gasteiger partial charge in [-0.2, -0.15) is 0 Å². The van der Waals surface area contributed by atoms with Crippen molar-refractivity contribution in [2.24, 2.45) is 0 Å². The molecule has 7 heteroatoms. The van der Waals surface area contributed by atoms with Crippen molar-refractivity contribution < 1.29 is 14.3 Å². The molecule has 0 atom stereocenters. The number of hydrogen-bond acceptors (Lipinski definition) is 4. The van der Waals surface area contributed by atoms with Crippen LogP contribution in [-0.4, -0.2) is 31.6 Å². The molecule has 0 unspecified atom stereocenters. The molecule has 1 rings (SSSR count). The van der Waals surface area contributed by atoms with Crippen LogP contribution in [0.4, 0.5) is 5.69 Å². The highest BCUT2D eigenvalue weighted by Crippen LogP contribution is 2.25. The first-order valence-corrected chi connectivity index (χ1v) is 7.72. The Morgan fingerprint density at radius 2 is 2.05 bits per heavy atom. The Morgan fingerprint density at radius 3 is 2.70 bits per heavy atom. The topological polar surface area (TPSA) is 67.4 Å². The number of nitrogens with one attached hydrogen (secondary N) is 2. The molecule has 20 heavy (non-hydrogen) atoms. The summed E-state index contributed by atoms with van der Waals surface area (Å²) in [7, 11) is 0. The monoisotopic (exact) mass is 406 g/mol. The van der Waals surface area contributed by atoms with Crippen molar-refractivity contribution in [1.29, 1.82) is 0 Å². The standard InChI is InChI=1S/C13H16Br2N2O3/c1-2-20-13(19)5-6-16-8-12(18)17-11-4-3-9(14)7-10(11)15/h3-4,7,16H,2,5-6,8H2,1H3,(H,17,18). The molecule has 110 valence electrons. The zero-order valence-electron chi connectivity index (χ0n) is 11.0. The van der Waals surface area contributed by atoms with Gasteiger partial charge < -0.3 is 15.4 Å². The Bertz CT molecular complexity index is 481. The molecule has 0 aromatic heterocycles. The molecule has 0 aliphatic rings. The minimum absolute atomic E-state index is 0.141. The highest BCUT2D eigenvalue weighted by Gasteiger charge is 2.06. The zero-order chi connectivity index (χ0) is 15.0. The lowest BCUT2D eigenvalue weighted by Gasteiger charge is -2.08. The van der Waals surface area contributed by atoms with Gasteiger partial charge in [0, 0.05) is 15.5 Å². The third-order valence-electron chi connectivity index (χ3n) is 2.30. The SMILES string of the molecule is CCOC(=O)CCNCC(=O)Nc1ccc(Br)cc1Br. The summed E-state index contributed by atoms with van der Waals surface area (Å²) in [5.74, 6) is -0.437. The minimum atomic E-state index is -0.268. The summed E-state index contributed by atoms with van der Waals surface area (Å²) >= 11 is 6.71. The van der Waals surface area contributed by atoms with E-state index in [0.717, 1.165) is 8.95 Å². The Labute approximate surface area is 134 Å². The van der Waals surface area contributed by atoms with Gasteiger partial charge >= 0.3 is 5.97 Å². The highest BCUT2D eigenvalue weighted by molar-refractivity contribution is 9.11. The summed E-state index contributed by atoms with van der Waals surface area (Å²) in [6.07, 6.45) is 0.253. The van der Waals surface area contributed by atoms with Crippen molar-refractivity contribution in [3.63, 3.8) is 0 Å². The average Bonchev–Trinajstić information content (AvgIpc) is 2.38. The molecule has 1 amide bonds. The lowest BCUT2D eigenvalue weighted by atomic mass is 10.3. The van der Waals surface area contributed by atoms with Gasteiger partial charge in [-0.15, -0.1) is 0 Å². The maximum absolute atomic E-state index is 11.7. The van der Waals surface area contributed by atoms with Crippen LogP contribution in [0.3, 0.4) is 0 Å². The fourth-order valence-corrected chi connectivity index (χ4v) is 2.56. The van der Waals surface area contributed by atoms with Crippen LogP contribution < -0.4 is 10.6 Å². The van der Waals surface area contributed by atoms with Gasteiger partial charge in [0.25, 0.3) is 0 Å². The molecular weight excluding hydrogens is 392 g/mol. The van der Waals surface area contributed by atoms with E-state index in [1.165, 1.54) is 0 Å². The molecule has 0 saturated carbocycles. The Kier molecular flexibility index (Phi) is 7.79. The van der Waals surface area contributed by atoms with Crippen LogP contribution in [0.15, 0.2) is 27.1 Å². The summed E-state index contributed by atoms with van der Waals surface area (Å²) in [5, 5.41) is 5.65. The molecule has 2 N–H and O–H groups in total. The summed E-state index contributed by atoms with van der Waals surface area (Å²) in [4.78, 5) is 22.8. The van der Waals surface area contributed by atoms with Crippen molar-refractivity contribution in [3.8, 4) is 0 Å². The number of amides is 1. The highest BCUT2D eigenvalue weighted by atomic mass is 79.9. The number of carbonyl (C=O) groups excluding carboxylic acids is 2. The number of benzene rings is 1. The van der Waals surface area contributed by atoms with Crippen LogP contribution in [0.1, 0.15) is 13.3 Å². The van der Waals surface area contributed by atoms with E-state index in [1.807, 2.05) is 12.1 Å². The number of hydrogen-bond donors (Lipinski definition) is 2. The summed E-state index contributed by atoms with van der Waals surface area (Å²) in [6, 6.07) is 5.49. The van der Waals surface area contributed by atoms with Crippen molar-refractivity contribution in [3.05, 3.63) is 27.1 Å². The predicted molar refractivity (Wildman–Crippen MR) is 84.6 cm³/mol. The molecule has 0 saturated heterocycles.